The maximum Gasteiger partial charge on any atom is 0.407 e. The lowest BCUT2D eigenvalue weighted by molar-refractivity contribution is -0.133. The number of benzene rings is 1. The number of aldehydes is 1. The molecule has 1 N–H and O–H groups in total. The van der Waals surface area contributed by atoms with Crippen LogP contribution in [0.2, 0.25) is 0 Å². The van der Waals surface area contributed by atoms with Crippen molar-refractivity contribution in [2.45, 2.75) is 12.7 Å². The van der Waals surface area contributed by atoms with Crippen molar-refractivity contribution in [2.24, 2.45) is 0 Å². The van der Waals surface area contributed by atoms with Crippen LogP contribution in [0.25, 0.3) is 0 Å². The summed E-state index contributed by atoms with van der Waals surface area (Å²) in [7, 11) is 0. The molecule has 0 spiro atoms. The fourth-order valence-corrected chi connectivity index (χ4v) is 2.34. The molecule has 124 valence electrons. The Morgan fingerprint density at radius 2 is 2.22 bits per heavy atom. The van der Waals surface area contributed by atoms with Crippen molar-refractivity contribution in [3.63, 3.8) is 0 Å². The normalized spacial score (nSPS) is 18.7. The van der Waals surface area contributed by atoms with Gasteiger partial charge in [-0.2, -0.15) is 0 Å². The van der Waals surface area contributed by atoms with Crippen LogP contribution in [0.15, 0.2) is 24.3 Å². The van der Waals surface area contributed by atoms with E-state index in [9.17, 15) is 18.8 Å². The third-order valence-corrected chi connectivity index (χ3v) is 3.47. The zero-order valence-electron chi connectivity index (χ0n) is 12.4. The maximum atomic E-state index is 13.1. The van der Waals surface area contributed by atoms with E-state index >= 15 is 0 Å². The smallest absolute Gasteiger partial charge is 0.407 e. The third-order valence-electron chi connectivity index (χ3n) is 3.47. The van der Waals surface area contributed by atoms with E-state index in [1.807, 2.05) is 0 Å². The fourth-order valence-electron chi connectivity index (χ4n) is 2.34. The Hall–Kier alpha value is -2.48. The van der Waals surface area contributed by atoms with Crippen molar-refractivity contribution in [1.29, 1.82) is 0 Å². The Labute approximate surface area is 132 Å². The zero-order valence-corrected chi connectivity index (χ0v) is 12.4. The van der Waals surface area contributed by atoms with Crippen molar-refractivity contribution >= 4 is 18.3 Å². The van der Waals surface area contributed by atoms with Crippen LogP contribution >= 0.6 is 0 Å². The molecular formula is C15H17FN2O5. The number of halogens is 1. The van der Waals surface area contributed by atoms with E-state index in [4.69, 9.17) is 9.84 Å². The van der Waals surface area contributed by atoms with Crippen LogP contribution in [0.3, 0.4) is 0 Å². The molecule has 0 bridgehead atoms. The summed E-state index contributed by atoms with van der Waals surface area (Å²) in [5.74, 6) is -0.840. The van der Waals surface area contributed by atoms with E-state index in [0.717, 1.165) is 4.90 Å². The van der Waals surface area contributed by atoms with Crippen molar-refractivity contribution in [2.75, 3.05) is 26.2 Å². The van der Waals surface area contributed by atoms with Crippen molar-refractivity contribution in [3.8, 4) is 0 Å². The van der Waals surface area contributed by atoms with Crippen LogP contribution in [0.1, 0.15) is 5.56 Å². The lowest BCUT2D eigenvalue weighted by Crippen LogP contribution is -2.39. The van der Waals surface area contributed by atoms with Gasteiger partial charge in [-0.3, -0.25) is 9.69 Å². The quantitative estimate of drug-likeness (QED) is 0.807. The third kappa shape index (κ3) is 4.75. The first-order chi connectivity index (χ1) is 11.0. The average Bonchev–Trinajstić information content (AvgIpc) is 2.66. The van der Waals surface area contributed by atoms with E-state index in [1.54, 1.807) is 12.1 Å². The number of amides is 2. The molecule has 7 nitrogen and oxygen atoms in total. The predicted octanol–water partition coefficient (Wildman–Crippen LogP) is 0.732. The summed E-state index contributed by atoms with van der Waals surface area (Å²) in [6.45, 7) is -0.240. The Kier molecular flexibility index (Phi) is 5.64. The van der Waals surface area contributed by atoms with E-state index in [2.05, 4.69) is 0 Å². The number of carboxylic acid groups (broad SMARTS) is 1. The first-order valence-corrected chi connectivity index (χ1v) is 7.05. The van der Waals surface area contributed by atoms with Crippen LogP contribution in [-0.4, -0.2) is 65.5 Å². The SMILES string of the molecule is O=CCN1CC(OCc2cccc(F)c2)CN(C(=O)O)CC1=O. The Bertz CT molecular complexity index is 595. The Morgan fingerprint density at radius 1 is 1.43 bits per heavy atom. The number of carbonyl (C=O) groups excluding carboxylic acids is 2. The van der Waals surface area contributed by atoms with E-state index in [-0.39, 0.29) is 32.8 Å². The molecule has 1 aromatic carbocycles. The summed E-state index contributed by atoms with van der Waals surface area (Å²) >= 11 is 0. The van der Waals surface area contributed by atoms with E-state index in [0.29, 0.717) is 11.8 Å². The molecule has 0 saturated carbocycles. The summed E-state index contributed by atoms with van der Waals surface area (Å²) in [6.07, 6.45) is -1.25. The molecule has 23 heavy (non-hydrogen) atoms. The van der Waals surface area contributed by atoms with Crippen LogP contribution < -0.4 is 0 Å². The number of nitrogens with zero attached hydrogens (tertiary/aromatic N) is 2. The number of hydrogen-bond acceptors (Lipinski definition) is 4. The molecule has 2 rings (SSSR count). The molecule has 1 fully saturated rings. The lowest BCUT2D eigenvalue weighted by Gasteiger charge is -2.23. The van der Waals surface area contributed by atoms with Crippen molar-refractivity contribution in [3.05, 3.63) is 35.6 Å². The summed E-state index contributed by atoms with van der Waals surface area (Å²) in [4.78, 5) is 36.0. The monoisotopic (exact) mass is 324 g/mol. The minimum Gasteiger partial charge on any atom is -0.465 e. The molecule has 1 aromatic rings. The second-order valence-electron chi connectivity index (χ2n) is 5.19. The Balaban J connectivity index is 2.06. The molecule has 1 heterocycles. The molecule has 0 radical (unpaired) electrons. The first kappa shape index (κ1) is 16.9. The summed E-state index contributed by atoms with van der Waals surface area (Å²) in [5, 5.41) is 9.12. The standard InChI is InChI=1S/C15H17FN2O5/c16-12-3-1-2-11(6-12)10-23-13-7-17(4-5-19)14(20)9-18(8-13)15(21)22/h1-3,5-6,13H,4,7-10H2,(H,21,22). The van der Waals surface area contributed by atoms with Crippen molar-refractivity contribution in [1.82, 2.24) is 9.80 Å². The van der Waals surface area contributed by atoms with E-state index in [1.165, 1.54) is 17.0 Å². The van der Waals surface area contributed by atoms with Crippen LogP contribution in [0.5, 0.6) is 0 Å². The van der Waals surface area contributed by atoms with Gasteiger partial charge >= 0.3 is 6.09 Å². The van der Waals surface area contributed by atoms with Crippen LogP contribution in [-0.2, 0) is 20.9 Å². The highest BCUT2D eigenvalue weighted by Gasteiger charge is 2.30. The molecular weight excluding hydrogens is 307 g/mol. The first-order valence-electron chi connectivity index (χ1n) is 7.05. The molecule has 2 amide bonds. The molecule has 1 aliphatic rings. The molecule has 0 aliphatic carbocycles. The highest BCUT2D eigenvalue weighted by atomic mass is 19.1. The molecule has 0 aromatic heterocycles. The largest absolute Gasteiger partial charge is 0.465 e. The average molecular weight is 324 g/mol. The molecule has 1 saturated heterocycles. The molecule has 1 aliphatic heterocycles. The van der Waals surface area contributed by atoms with Gasteiger partial charge in [-0.15, -0.1) is 0 Å². The maximum absolute atomic E-state index is 13.1. The van der Waals surface area contributed by atoms with Gasteiger partial charge in [-0.25, -0.2) is 9.18 Å². The van der Waals surface area contributed by atoms with Crippen molar-refractivity contribution < 1.29 is 28.6 Å². The van der Waals surface area contributed by atoms with Gasteiger partial charge < -0.3 is 19.5 Å². The topological polar surface area (TPSA) is 87.2 Å². The minimum atomic E-state index is -1.23. The second kappa shape index (κ2) is 7.68. The summed E-state index contributed by atoms with van der Waals surface area (Å²) < 4.78 is 18.8. The highest BCUT2D eigenvalue weighted by molar-refractivity contribution is 5.83. The zero-order chi connectivity index (χ0) is 16.8. The number of ether oxygens (including phenoxy) is 1. The van der Waals surface area contributed by atoms with Gasteiger partial charge in [0.25, 0.3) is 0 Å². The summed E-state index contributed by atoms with van der Waals surface area (Å²) in [6, 6.07) is 5.86. The van der Waals surface area contributed by atoms with Gasteiger partial charge in [-0.05, 0) is 17.7 Å². The molecule has 1 atom stereocenters. The van der Waals surface area contributed by atoms with Gasteiger partial charge in [0.15, 0.2) is 0 Å². The number of rotatable bonds is 5. The summed E-state index contributed by atoms with van der Waals surface area (Å²) in [5.41, 5.74) is 0.601. The highest BCUT2D eigenvalue weighted by Crippen LogP contribution is 2.12. The molecule has 8 heteroatoms. The van der Waals surface area contributed by atoms with Gasteiger partial charge in [0, 0.05) is 6.54 Å². The Morgan fingerprint density at radius 3 is 2.87 bits per heavy atom. The van der Waals surface area contributed by atoms with Crippen LogP contribution in [0, 0.1) is 5.82 Å². The minimum absolute atomic E-state index is 0.00570. The van der Waals surface area contributed by atoms with E-state index < -0.39 is 23.9 Å². The van der Waals surface area contributed by atoms with Gasteiger partial charge in [0.2, 0.25) is 5.91 Å². The number of hydrogen-bond donors (Lipinski definition) is 1. The lowest BCUT2D eigenvalue weighted by atomic mass is 10.2. The second-order valence-corrected chi connectivity index (χ2v) is 5.19. The fraction of sp³-hybridized carbons (Fsp3) is 0.400. The van der Waals surface area contributed by atoms with Gasteiger partial charge in [0.1, 0.15) is 18.6 Å². The van der Waals surface area contributed by atoms with Crippen LogP contribution in [0.4, 0.5) is 9.18 Å². The van der Waals surface area contributed by atoms with Gasteiger partial charge in [-0.1, -0.05) is 12.1 Å². The van der Waals surface area contributed by atoms with Gasteiger partial charge in [0.05, 0.1) is 25.8 Å². The molecule has 1 unspecified atom stereocenters. The predicted molar refractivity (Wildman–Crippen MR) is 77.2 cm³/mol. The number of carbonyl (C=O) groups is 3.